The fraction of sp³-hybridized carbons (Fsp3) is 0.435. The highest BCUT2D eigenvalue weighted by molar-refractivity contribution is 7.88. The number of amides is 1. The molecule has 1 amide bonds. The first kappa shape index (κ1) is 22.5. The van der Waals surface area contributed by atoms with Crippen LogP contribution in [0.3, 0.4) is 0 Å². The summed E-state index contributed by atoms with van der Waals surface area (Å²) in [5, 5.41) is 0. The minimum Gasteiger partial charge on any atom is -0.312 e. The largest absolute Gasteiger partial charge is 0.312 e. The maximum Gasteiger partial charge on any atom is 0.223 e. The zero-order valence-corrected chi connectivity index (χ0v) is 18.9. The van der Waals surface area contributed by atoms with Crippen LogP contribution in [0.15, 0.2) is 48.5 Å². The third-order valence-electron chi connectivity index (χ3n) is 5.51. The molecule has 0 N–H and O–H groups in total. The molecule has 30 heavy (non-hydrogen) atoms. The van der Waals surface area contributed by atoms with Crippen LogP contribution in [-0.4, -0.2) is 56.0 Å². The van der Waals surface area contributed by atoms with Gasteiger partial charge in [0.05, 0.1) is 6.26 Å². The van der Waals surface area contributed by atoms with Crippen molar-refractivity contribution in [1.82, 2.24) is 9.21 Å². The first-order valence-electron chi connectivity index (χ1n) is 10.3. The number of aryl methyl sites for hydroxylation is 1. The van der Waals surface area contributed by atoms with Gasteiger partial charge in [0.1, 0.15) is 0 Å². The molecule has 2 aromatic rings. The number of carbonyl (C=O) groups excluding carboxylic acids is 1. The van der Waals surface area contributed by atoms with Gasteiger partial charge in [0, 0.05) is 51.9 Å². The van der Waals surface area contributed by atoms with E-state index in [-0.39, 0.29) is 5.91 Å². The first-order chi connectivity index (χ1) is 14.2. The molecule has 0 saturated carbocycles. The summed E-state index contributed by atoms with van der Waals surface area (Å²) in [4.78, 5) is 16.4. The molecule has 162 valence electrons. The van der Waals surface area contributed by atoms with E-state index in [1.54, 1.807) is 11.8 Å². The van der Waals surface area contributed by atoms with Crippen LogP contribution in [0.25, 0.3) is 0 Å². The first-order valence-corrected chi connectivity index (χ1v) is 12.2. The molecule has 0 bridgehead atoms. The molecule has 7 heteroatoms. The molecular formula is C23H31N3O3S. The van der Waals surface area contributed by atoms with Crippen molar-refractivity contribution in [1.29, 1.82) is 0 Å². The van der Waals surface area contributed by atoms with Gasteiger partial charge in [-0.25, -0.2) is 12.7 Å². The van der Waals surface area contributed by atoms with Gasteiger partial charge in [0.25, 0.3) is 0 Å². The predicted molar refractivity (Wildman–Crippen MR) is 121 cm³/mol. The Bertz CT molecular complexity index is 973. The maximum absolute atomic E-state index is 12.4. The van der Waals surface area contributed by atoms with Crippen molar-refractivity contribution in [3.8, 4) is 0 Å². The molecule has 1 aliphatic rings. The molecule has 0 saturated heterocycles. The lowest BCUT2D eigenvalue weighted by atomic mass is 10.1. The monoisotopic (exact) mass is 429 g/mol. The van der Waals surface area contributed by atoms with E-state index < -0.39 is 10.0 Å². The van der Waals surface area contributed by atoms with Crippen molar-refractivity contribution in [3.05, 3.63) is 65.2 Å². The Kier molecular flexibility index (Phi) is 7.28. The van der Waals surface area contributed by atoms with Crippen molar-refractivity contribution < 1.29 is 13.2 Å². The molecule has 0 spiro atoms. The van der Waals surface area contributed by atoms with Crippen molar-refractivity contribution >= 4 is 21.6 Å². The number of sulfonamides is 1. The second-order valence-electron chi connectivity index (χ2n) is 8.01. The SMILES string of the molecule is CC(=O)N1CCCN(S(C)(=O)=O)CCN(Cc2ccc(C)cc2)Cc2ccccc21. The minimum absolute atomic E-state index is 0.0299. The van der Waals surface area contributed by atoms with Crippen LogP contribution in [0.5, 0.6) is 0 Å². The van der Waals surface area contributed by atoms with E-state index in [1.165, 1.54) is 21.7 Å². The van der Waals surface area contributed by atoms with Gasteiger partial charge in [-0.2, -0.15) is 0 Å². The van der Waals surface area contributed by atoms with E-state index in [9.17, 15) is 13.2 Å². The third-order valence-corrected chi connectivity index (χ3v) is 6.81. The molecule has 0 fully saturated rings. The van der Waals surface area contributed by atoms with Crippen LogP contribution in [0, 0.1) is 6.92 Å². The van der Waals surface area contributed by atoms with Gasteiger partial charge in [-0.05, 0) is 30.5 Å². The Morgan fingerprint density at radius 3 is 2.33 bits per heavy atom. The van der Waals surface area contributed by atoms with Gasteiger partial charge in [0.2, 0.25) is 15.9 Å². The highest BCUT2D eigenvalue weighted by Crippen LogP contribution is 2.24. The predicted octanol–water partition coefficient (Wildman–Crippen LogP) is 3.02. The number of anilines is 1. The van der Waals surface area contributed by atoms with Gasteiger partial charge in [-0.1, -0.05) is 48.0 Å². The fourth-order valence-corrected chi connectivity index (χ4v) is 4.74. The molecular weight excluding hydrogens is 398 g/mol. The number of hydrogen-bond donors (Lipinski definition) is 0. The Morgan fingerprint density at radius 2 is 1.67 bits per heavy atom. The van der Waals surface area contributed by atoms with Crippen LogP contribution in [0.2, 0.25) is 0 Å². The number of hydrogen-bond acceptors (Lipinski definition) is 4. The molecule has 0 aliphatic carbocycles. The zero-order chi connectivity index (χ0) is 21.7. The summed E-state index contributed by atoms with van der Waals surface area (Å²) in [6.45, 7) is 6.95. The summed E-state index contributed by atoms with van der Waals surface area (Å²) in [6.07, 6.45) is 1.85. The van der Waals surface area contributed by atoms with Crippen molar-refractivity contribution in [2.45, 2.75) is 33.4 Å². The Morgan fingerprint density at radius 1 is 0.967 bits per heavy atom. The number of nitrogens with zero attached hydrogens (tertiary/aromatic N) is 3. The maximum atomic E-state index is 12.4. The zero-order valence-electron chi connectivity index (χ0n) is 18.0. The van der Waals surface area contributed by atoms with Gasteiger partial charge in [-0.15, -0.1) is 0 Å². The second kappa shape index (κ2) is 9.73. The van der Waals surface area contributed by atoms with Gasteiger partial charge in [-0.3, -0.25) is 9.69 Å². The lowest BCUT2D eigenvalue weighted by Crippen LogP contribution is -2.39. The number of para-hydroxylation sites is 1. The van der Waals surface area contributed by atoms with E-state index in [2.05, 4.69) is 42.2 Å². The van der Waals surface area contributed by atoms with Crippen molar-refractivity contribution in [3.63, 3.8) is 0 Å². The molecule has 2 aromatic carbocycles. The molecule has 3 rings (SSSR count). The number of benzene rings is 2. The summed E-state index contributed by atoms with van der Waals surface area (Å²) in [5.74, 6) is -0.0299. The molecule has 0 radical (unpaired) electrons. The lowest BCUT2D eigenvalue weighted by Gasteiger charge is -2.27. The summed E-state index contributed by atoms with van der Waals surface area (Å²) in [6, 6.07) is 16.4. The normalized spacial score (nSPS) is 17.2. The van der Waals surface area contributed by atoms with Gasteiger partial charge in [0.15, 0.2) is 0 Å². The van der Waals surface area contributed by atoms with Crippen molar-refractivity contribution in [2.24, 2.45) is 0 Å². The average molecular weight is 430 g/mol. The highest BCUT2D eigenvalue weighted by Gasteiger charge is 2.23. The smallest absolute Gasteiger partial charge is 0.223 e. The molecule has 6 nitrogen and oxygen atoms in total. The van der Waals surface area contributed by atoms with E-state index >= 15 is 0 Å². The molecule has 0 atom stereocenters. The summed E-state index contributed by atoms with van der Waals surface area (Å²) >= 11 is 0. The van der Waals surface area contributed by atoms with Gasteiger partial charge < -0.3 is 4.90 Å². The second-order valence-corrected chi connectivity index (χ2v) is 9.99. The Labute approximate surface area is 180 Å². The quantitative estimate of drug-likeness (QED) is 0.753. The van der Waals surface area contributed by atoms with Crippen LogP contribution in [-0.2, 0) is 27.9 Å². The third kappa shape index (κ3) is 5.90. The standard InChI is InChI=1S/C23H31N3O3S/c1-19-9-11-21(12-10-19)17-24-15-16-25(30(3,28)29)13-6-14-26(20(2)27)23-8-5-4-7-22(23)18-24/h4-5,7-12H,6,13-18H2,1-3H3. The van der Waals surface area contributed by atoms with E-state index in [4.69, 9.17) is 0 Å². The average Bonchev–Trinajstić information content (AvgIpc) is 2.71. The lowest BCUT2D eigenvalue weighted by molar-refractivity contribution is -0.116. The highest BCUT2D eigenvalue weighted by atomic mass is 32.2. The number of fused-ring (bicyclic) bond motifs is 1. The molecule has 1 heterocycles. The summed E-state index contributed by atoms with van der Waals surface area (Å²) < 4.78 is 26.1. The number of rotatable bonds is 3. The molecule has 0 aromatic heterocycles. The molecule has 1 aliphatic heterocycles. The topological polar surface area (TPSA) is 60.9 Å². The minimum atomic E-state index is -3.31. The molecule has 0 unspecified atom stereocenters. The van der Waals surface area contributed by atoms with E-state index in [0.29, 0.717) is 45.7 Å². The Balaban J connectivity index is 1.95. The fourth-order valence-electron chi connectivity index (χ4n) is 3.86. The Hall–Kier alpha value is -2.22. The number of carbonyl (C=O) groups is 1. The van der Waals surface area contributed by atoms with E-state index in [1.807, 2.05) is 18.2 Å². The van der Waals surface area contributed by atoms with Crippen LogP contribution < -0.4 is 4.90 Å². The van der Waals surface area contributed by atoms with E-state index in [0.717, 1.165) is 11.3 Å². The van der Waals surface area contributed by atoms with Gasteiger partial charge >= 0.3 is 0 Å². The van der Waals surface area contributed by atoms with Crippen LogP contribution in [0.4, 0.5) is 5.69 Å². The summed E-state index contributed by atoms with van der Waals surface area (Å²) in [5.41, 5.74) is 4.38. The van der Waals surface area contributed by atoms with Crippen LogP contribution in [0.1, 0.15) is 30.0 Å². The summed E-state index contributed by atoms with van der Waals surface area (Å²) in [7, 11) is -3.31. The van der Waals surface area contributed by atoms with Crippen LogP contribution >= 0.6 is 0 Å². The van der Waals surface area contributed by atoms with Crippen molar-refractivity contribution in [2.75, 3.05) is 37.3 Å².